The van der Waals surface area contributed by atoms with Crippen LogP contribution < -0.4 is 19.5 Å². The third-order valence-electron chi connectivity index (χ3n) is 4.57. The number of hydrogen-bond acceptors (Lipinski definition) is 10. The molecule has 1 aromatic carbocycles. The molecule has 34 heavy (non-hydrogen) atoms. The van der Waals surface area contributed by atoms with Gasteiger partial charge in [-0.1, -0.05) is 0 Å². The van der Waals surface area contributed by atoms with Crippen LogP contribution in [0.1, 0.15) is 27.6 Å². The van der Waals surface area contributed by atoms with E-state index in [1.54, 1.807) is 24.4 Å². The van der Waals surface area contributed by atoms with Crippen LogP contribution in [0, 0.1) is 0 Å². The Balaban J connectivity index is 1.75. The Morgan fingerprint density at radius 1 is 0.971 bits per heavy atom. The Hall–Kier alpha value is -3.99. The molecule has 10 nitrogen and oxygen atoms in total. The molecule has 0 fully saturated rings. The minimum Gasteiger partial charge on any atom is -0.493 e. The summed E-state index contributed by atoms with van der Waals surface area (Å²) in [5, 5.41) is 4.51. The zero-order valence-electron chi connectivity index (χ0n) is 19.0. The molecule has 180 valence electrons. The van der Waals surface area contributed by atoms with Crippen molar-refractivity contribution in [2.45, 2.75) is 6.92 Å². The molecule has 3 rings (SSSR count). The molecule has 11 heteroatoms. The van der Waals surface area contributed by atoms with E-state index in [4.69, 9.17) is 28.1 Å². The lowest BCUT2D eigenvalue weighted by Crippen LogP contribution is -2.22. The third kappa shape index (κ3) is 5.15. The molecule has 2 heterocycles. The average Bonchev–Trinajstić information content (AvgIpc) is 3.51. The van der Waals surface area contributed by atoms with Crippen LogP contribution in [0.4, 0.5) is 5.00 Å². The maximum absolute atomic E-state index is 12.6. The molecule has 0 aliphatic heterocycles. The second-order valence-electron chi connectivity index (χ2n) is 6.56. The molecule has 0 radical (unpaired) electrons. The molecule has 0 saturated carbocycles. The second-order valence-corrected chi connectivity index (χ2v) is 7.44. The molecular weight excluding hydrogens is 466 g/mol. The van der Waals surface area contributed by atoms with E-state index < -0.39 is 24.5 Å². The van der Waals surface area contributed by atoms with Gasteiger partial charge in [-0.05, 0) is 31.2 Å². The van der Waals surface area contributed by atoms with Gasteiger partial charge in [-0.3, -0.25) is 4.79 Å². The van der Waals surface area contributed by atoms with Crippen LogP contribution in [-0.4, -0.2) is 52.4 Å². The molecule has 3 aromatic rings. The van der Waals surface area contributed by atoms with Crippen LogP contribution >= 0.6 is 11.3 Å². The molecule has 0 aliphatic carbocycles. The van der Waals surface area contributed by atoms with Gasteiger partial charge in [0.25, 0.3) is 5.91 Å². The lowest BCUT2D eigenvalue weighted by atomic mass is 10.1. The smallest absolute Gasteiger partial charge is 0.342 e. The Morgan fingerprint density at radius 2 is 1.74 bits per heavy atom. The van der Waals surface area contributed by atoms with Crippen molar-refractivity contribution in [1.29, 1.82) is 0 Å². The number of anilines is 1. The van der Waals surface area contributed by atoms with Crippen LogP contribution in [0.2, 0.25) is 0 Å². The van der Waals surface area contributed by atoms with Gasteiger partial charge in [-0.25, -0.2) is 9.59 Å². The van der Waals surface area contributed by atoms with Gasteiger partial charge in [0.05, 0.1) is 34.2 Å². The fourth-order valence-electron chi connectivity index (χ4n) is 3.10. The zero-order chi connectivity index (χ0) is 24.7. The zero-order valence-corrected chi connectivity index (χ0v) is 19.8. The van der Waals surface area contributed by atoms with E-state index in [-0.39, 0.29) is 34.2 Å². The fourth-order valence-corrected chi connectivity index (χ4v) is 4.06. The number of ether oxygens (including phenoxy) is 5. The van der Waals surface area contributed by atoms with Crippen molar-refractivity contribution < 1.29 is 42.5 Å². The SMILES string of the molecule is CCOC(=O)c1c(-c2ccco2)csc1NC(=O)COC(=O)c1ccc(OC)c(OC)c1OC. The molecule has 2 aromatic heterocycles. The standard InChI is InChI=1S/C23H23NO9S/c1-5-31-23(27)18-14(15-7-6-10-32-15)12-34-21(18)24-17(25)11-33-22(26)13-8-9-16(28-2)20(30-4)19(13)29-3/h6-10,12H,5,11H2,1-4H3,(H,24,25). The van der Waals surface area contributed by atoms with Gasteiger partial charge in [0.1, 0.15) is 21.9 Å². The summed E-state index contributed by atoms with van der Waals surface area (Å²) in [5.41, 5.74) is 0.690. The third-order valence-corrected chi connectivity index (χ3v) is 5.46. The van der Waals surface area contributed by atoms with Gasteiger partial charge < -0.3 is 33.4 Å². The Labute approximate surface area is 199 Å². The van der Waals surface area contributed by atoms with Crippen molar-refractivity contribution in [3.63, 3.8) is 0 Å². The van der Waals surface area contributed by atoms with Crippen LogP contribution in [0.5, 0.6) is 17.2 Å². The lowest BCUT2D eigenvalue weighted by molar-refractivity contribution is -0.119. The van der Waals surface area contributed by atoms with E-state index in [0.717, 1.165) is 11.3 Å². The number of carbonyl (C=O) groups excluding carboxylic acids is 3. The van der Waals surface area contributed by atoms with Crippen LogP contribution in [-0.2, 0) is 14.3 Å². The van der Waals surface area contributed by atoms with Gasteiger partial charge in [0.2, 0.25) is 5.75 Å². The molecule has 0 spiro atoms. The topological polar surface area (TPSA) is 123 Å². The Bertz CT molecular complexity index is 1170. The number of furan rings is 1. The van der Waals surface area contributed by atoms with E-state index in [1.807, 2.05) is 0 Å². The molecule has 0 atom stereocenters. The van der Waals surface area contributed by atoms with Gasteiger partial charge in [0, 0.05) is 10.9 Å². The quantitative estimate of drug-likeness (QED) is 0.421. The predicted octanol–water partition coefficient (Wildman–Crippen LogP) is 4.01. The Kier molecular flexibility index (Phi) is 8.14. The highest BCUT2D eigenvalue weighted by Crippen LogP contribution is 2.40. The van der Waals surface area contributed by atoms with Gasteiger partial charge in [-0.15, -0.1) is 11.3 Å². The summed E-state index contributed by atoms with van der Waals surface area (Å²) in [4.78, 5) is 37.7. The first-order valence-corrected chi connectivity index (χ1v) is 10.9. The van der Waals surface area contributed by atoms with Crippen molar-refractivity contribution in [2.75, 3.05) is 39.9 Å². The normalized spacial score (nSPS) is 10.4. The highest BCUT2D eigenvalue weighted by atomic mass is 32.1. The number of hydrogen-bond donors (Lipinski definition) is 1. The summed E-state index contributed by atoms with van der Waals surface area (Å²) < 4.78 is 31.4. The minimum atomic E-state index is -0.805. The lowest BCUT2D eigenvalue weighted by Gasteiger charge is -2.15. The minimum absolute atomic E-state index is 0.0522. The molecule has 1 N–H and O–H groups in total. The number of thiophene rings is 1. The largest absolute Gasteiger partial charge is 0.493 e. The van der Waals surface area contributed by atoms with Crippen molar-refractivity contribution in [2.24, 2.45) is 0 Å². The highest BCUT2D eigenvalue weighted by Gasteiger charge is 2.25. The number of amides is 1. The van der Waals surface area contributed by atoms with Gasteiger partial charge in [0.15, 0.2) is 18.1 Å². The number of methoxy groups -OCH3 is 3. The van der Waals surface area contributed by atoms with Crippen molar-refractivity contribution in [3.05, 3.63) is 47.0 Å². The van der Waals surface area contributed by atoms with E-state index in [2.05, 4.69) is 5.32 Å². The van der Waals surface area contributed by atoms with E-state index in [9.17, 15) is 14.4 Å². The highest BCUT2D eigenvalue weighted by molar-refractivity contribution is 7.15. The molecule has 0 saturated heterocycles. The number of carbonyl (C=O) groups is 3. The summed E-state index contributed by atoms with van der Waals surface area (Å²) in [6.07, 6.45) is 1.47. The van der Waals surface area contributed by atoms with Gasteiger partial charge in [-0.2, -0.15) is 0 Å². The van der Waals surface area contributed by atoms with Gasteiger partial charge >= 0.3 is 11.9 Å². The van der Waals surface area contributed by atoms with Crippen molar-refractivity contribution >= 4 is 34.2 Å². The van der Waals surface area contributed by atoms with Crippen LogP contribution in [0.3, 0.4) is 0 Å². The van der Waals surface area contributed by atoms with Crippen molar-refractivity contribution in [1.82, 2.24) is 0 Å². The number of rotatable bonds is 10. The summed E-state index contributed by atoms with van der Waals surface area (Å²) in [5.74, 6) is -0.924. The Morgan fingerprint density at radius 3 is 2.35 bits per heavy atom. The summed E-state index contributed by atoms with van der Waals surface area (Å²) >= 11 is 1.12. The fraction of sp³-hybridized carbons (Fsp3) is 0.261. The molecular formula is C23H23NO9S. The van der Waals surface area contributed by atoms with E-state index >= 15 is 0 Å². The second kappa shape index (κ2) is 11.2. The number of nitrogens with one attached hydrogen (secondary N) is 1. The monoisotopic (exact) mass is 489 g/mol. The summed E-state index contributed by atoms with van der Waals surface area (Å²) in [6.45, 7) is 1.23. The molecule has 1 amide bonds. The van der Waals surface area contributed by atoms with Crippen LogP contribution in [0.15, 0.2) is 40.3 Å². The molecule has 0 unspecified atom stereocenters. The first kappa shape index (κ1) is 24.6. The summed E-state index contributed by atoms with van der Waals surface area (Å²) in [7, 11) is 4.22. The van der Waals surface area contributed by atoms with E-state index in [0.29, 0.717) is 17.1 Å². The number of esters is 2. The van der Waals surface area contributed by atoms with Crippen molar-refractivity contribution in [3.8, 4) is 28.6 Å². The first-order chi connectivity index (χ1) is 16.4. The van der Waals surface area contributed by atoms with Crippen LogP contribution in [0.25, 0.3) is 11.3 Å². The predicted molar refractivity (Wildman–Crippen MR) is 123 cm³/mol. The maximum atomic E-state index is 12.6. The first-order valence-electron chi connectivity index (χ1n) is 10.0. The molecule has 0 bridgehead atoms. The summed E-state index contributed by atoms with van der Waals surface area (Å²) in [6, 6.07) is 6.33. The number of benzene rings is 1. The maximum Gasteiger partial charge on any atom is 0.342 e. The average molecular weight is 490 g/mol. The van der Waals surface area contributed by atoms with E-state index in [1.165, 1.54) is 39.7 Å². The molecule has 0 aliphatic rings.